The van der Waals surface area contributed by atoms with Gasteiger partial charge in [-0.25, -0.2) is 10.2 Å². The number of methoxy groups -OCH3 is 1. The van der Waals surface area contributed by atoms with Gasteiger partial charge in [-0.1, -0.05) is 28.1 Å². The van der Waals surface area contributed by atoms with Gasteiger partial charge in [-0.05, 0) is 72.6 Å². The Hall–Kier alpha value is -3.65. The number of carbonyl (C=O) groups excluding carboxylic acids is 2. The van der Waals surface area contributed by atoms with Crippen LogP contribution in [0, 0.1) is 6.92 Å². The Balaban J connectivity index is 1.56. The molecule has 3 aromatic rings. The van der Waals surface area contributed by atoms with Crippen molar-refractivity contribution in [3.05, 3.63) is 87.9 Å². The largest absolute Gasteiger partial charge is 0.493 e. The van der Waals surface area contributed by atoms with E-state index in [-0.39, 0.29) is 18.2 Å². The van der Waals surface area contributed by atoms with Crippen LogP contribution in [0.15, 0.2) is 76.3 Å². The van der Waals surface area contributed by atoms with Crippen molar-refractivity contribution < 1.29 is 19.1 Å². The molecule has 0 radical (unpaired) electrons. The van der Waals surface area contributed by atoms with Crippen LogP contribution in [-0.4, -0.2) is 31.7 Å². The van der Waals surface area contributed by atoms with Crippen LogP contribution in [0.3, 0.4) is 0 Å². The monoisotopic (exact) mass is 495 g/mol. The predicted molar refractivity (Wildman–Crippen MR) is 127 cm³/mol. The molecule has 0 heterocycles. The number of nitrogens with one attached hydrogen (secondary N) is 2. The molecule has 1 amide bonds. The topological polar surface area (TPSA) is 89.0 Å². The average molecular weight is 496 g/mol. The lowest BCUT2D eigenvalue weighted by atomic mass is 10.2. The number of hydrazone groups is 1. The molecule has 0 spiro atoms. The molecular weight excluding hydrogens is 474 g/mol. The highest BCUT2D eigenvalue weighted by molar-refractivity contribution is 9.10. The van der Waals surface area contributed by atoms with Gasteiger partial charge in [0.05, 0.1) is 25.4 Å². The maximum atomic E-state index is 12.3. The molecule has 0 fully saturated rings. The molecule has 8 heteroatoms. The van der Waals surface area contributed by atoms with Gasteiger partial charge in [-0.2, -0.15) is 5.10 Å². The van der Waals surface area contributed by atoms with Crippen LogP contribution in [-0.2, 0) is 4.79 Å². The number of amides is 1. The number of esters is 1. The van der Waals surface area contributed by atoms with Crippen LogP contribution in [0.25, 0.3) is 0 Å². The molecule has 0 bridgehead atoms. The summed E-state index contributed by atoms with van der Waals surface area (Å²) in [5.41, 5.74) is 5.52. The van der Waals surface area contributed by atoms with Crippen LogP contribution >= 0.6 is 15.9 Å². The number of hydrogen-bond acceptors (Lipinski definition) is 6. The number of hydrogen-bond donors (Lipinski definition) is 2. The number of rotatable bonds is 8. The molecule has 164 valence electrons. The van der Waals surface area contributed by atoms with E-state index in [9.17, 15) is 9.59 Å². The third-order valence-electron chi connectivity index (χ3n) is 4.34. The van der Waals surface area contributed by atoms with Gasteiger partial charge in [-0.15, -0.1) is 0 Å². The standard InChI is InChI=1S/C24H22BrN3O4/c1-16-4-3-5-20(12-16)26-15-23(29)28-27-14-17-6-11-21(22(13-17)31-2)32-24(30)18-7-9-19(25)10-8-18/h3-14,26H,15H2,1-2H3,(H,28,29)/b27-14-. The van der Waals surface area contributed by atoms with Gasteiger partial charge in [0.25, 0.3) is 5.91 Å². The predicted octanol–water partition coefficient (Wildman–Crippen LogP) is 4.55. The fourth-order valence-electron chi connectivity index (χ4n) is 2.75. The molecule has 0 unspecified atom stereocenters. The maximum Gasteiger partial charge on any atom is 0.343 e. The van der Waals surface area contributed by atoms with Crippen LogP contribution in [0.5, 0.6) is 11.5 Å². The highest BCUT2D eigenvalue weighted by Crippen LogP contribution is 2.28. The van der Waals surface area contributed by atoms with Gasteiger partial charge >= 0.3 is 5.97 Å². The number of benzene rings is 3. The van der Waals surface area contributed by atoms with Crippen LogP contribution in [0.2, 0.25) is 0 Å². The second kappa shape index (κ2) is 11.1. The van der Waals surface area contributed by atoms with Crippen molar-refractivity contribution in [3.63, 3.8) is 0 Å². The molecular formula is C24H22BrN3O4. The first-order chi connectivity index (χ1) is 15.4. The molecule has 3 aromatic carbocycles. The van der Waals surface area contributed by atoms with Gasteiger partial charge in [0, 0.05) is 10.2 Å². The summed E-state index contributed by atoms with van der Waals surface area (Å²) < 4.78 is 11.6. The van der Waals surface area contributed by atoms with Crippen molar-refractivity contribution >= 4 is 39.7 Å². The van der Waals surface area contributed by atoms with Crippen molar-refractivity contribution in [1.29, 1.82) is 0 Å². The molecule has 0 atom stereocenters. The quantitative estimate of drug-likeness (QED) is 0.207. The lowest BCUT2D eigenvalue weighted by molar-refractivity contribution is -0.119. The highest BCUT2D eigenvalue weighted by Gasteiger charge is 2.13. The normalized spacial score (nSPS) is 10.6. The summed E-state index contributed by atoms with van der Waals surface area (Å²) in [7, 11) is 1.48. The summed E-state index contributed by atoms with van der Waals surface area (Å²) in [6, 6.07) is 19.6. The summed E-state index contributed by atoms with van der Waals surface area (Å²) in [5, 5.41) is 7.00. The highest BCUT2D eigenvalue weighted by atomic mass is 79.9. The number of halogens is 1. The molecule has 0 saturated carbocycles. The van der Waals surface area contributed by atoms with E-state index in [1.54, 1.807) is 42.5 Å². The third-order valence-corrected chi connectivity index (χ3v) is 4.87. The van der Waals surface area contributed by atoms with Crippen LogP contribution in [0.4, 0.5) is 5.69 Å². The van der Waals surface area contributed by atoms with Gasteiger partial charge in [0.2, 0.25) is 0 Å². The van der Waals surface area contributed by atoms with Crippen molar-refractivity contribution in [2.75, 3.05) is 19.0 Å². The number of carbonyl (C=O) groups is 2. The Morgan fingerprint density at radius 1 is 1.03 bits per heavy atom. The first kappa shape index (κ1) is 23.0. The summed E-state index contributed by atoms with van der Waals surface area (Å²) in [5.74, 6) is -0.129. The van der Waals surface area contributed by atoms with E-state index in [2.05, 4.69) is 31.8 Å². The van der Waals surface area contributed by atoms with E-state index in [0.29, 0.717) is 16.9 Å². The number of ether oxygens (including phenoxy) is 2. The minimum atomic E-state index is -0.495. The second-order valence-corrected chi connectivity index (χ2v) is 7.74. The Labute approximate surface area is 194 Å². The first-order valence-corrected chi connectivity index (χ1v) is 10.5. The average Bonchev–Trinajstić information content (AvgIpc) is 2.79. The van der Waals surface area contributed by atoms with E-state index >= 15 is 0 Å². The zero-order valence-corrected chi connectivity index (χ0v) is 19.2. The van der Waals surface area contributed by atoms with E-state index in [1.807, 2.05) is 31.2 Å². The zero-order valence-electron chi connectivity index (χ0n) is 17.6. The summed E-state index contributed by atoms with van der Waals surface area (Å²) in [6.07, 6.45) is 1.48. The molecule has 2 N–H and O–H groups in total. The van der Waals surface area contributed by atoms with E-state index in [4.69, 9.17) is 9.47 Å². The molecule has 0 aromatic heterocycles. The van der Waals surface area contributed by atoms with Crippen molar-refractivity contribution in [2.45, 2.75) is 6.92 Å². The summed E-state index contributed by atoms with van der Waals surface area (Å²) >= 11 is 3.33. The fraction of sp³-hybridized carbons (Fsp3) is 0.125. The Morgan fingerprint density at radius 2 is 1.81 bits per heavy atom. The Kier molecular flexibility index (Phi) is 7.99. The van der Waals surface area contributed by atoms with Crippen LogP contribution < -0.4 is 20.2 Å². The van der Waals surface area contributed by atoms with Gasteiger partial charge in [0.1, 0.15) is 0 Å². The van der Waals surface area contributed by atoms with Crippen molar-refractivity contribution in [1.82, 2.24) is 5.43 Å². The van der Waals surface area contributed by atoms with E-state index < -0.39 is 5.97 Å². The van der Waals surface area contributed by atoms with Crippen LogP contribution in [0.1, 0.15) is 21.5 Å². The number of anilines is 1. The lowest BCUT2D eigenvalue weighted by Gasteiger charge is -2.10. The minimum absolute atomic E-state index is 0.0923. The van der Waals surface area contributed by atoms with Gasteiger partial charge in [-0.3, -0.25) is 4.79 Å². The molecule has 32 heavy (non-hydrogen) atoms. The third kappa shape index (κ3) is 6.68. The summed E-state index contributed by atoms with van der Waals surface area (Å²) in [6.45, 7) is 2.08. The van der Waals surface area contributed by atoms with Gasteiger partial charge < -0.3 is 14.8 Å². The Bertz CT molecular complexity index is 1130. The zero-order chi connectivity index (χ0) is 22.9. The van der Waals surface area contributed by atoms with Gasteiger partial charge in [0.15, 0.2) is 11.5 Å². The first-order valence-electron chi connectivity index (χ1n) is 9.73. The SMILES string of the molecule is COc1cc(/C=N\NC(=O)CNc2cccc(C)c2)ccc1OC(=O)c1ccc(Br)cc1. The molecule has 0 aliphatic carbocycles. The summed E-state index contributed by atoms with van der Waals surface area (Å²) in [4.78, 5) is 24.3. The minimum Gasteiger partial charge on any atom is -0.493 e. The molecule has 0 saturated heterocycles. The number of nitrogens with zero attached hydrogens (tertiary/aromatic N) is 1. The van der Waals surface area contributed by atoms with Crippen molar-refractivity contribution in [3.8, 4) is 11.5 Å². The molecule has 0 aliphatic heterocycles. The smallest absolute Gasteiger partial charge is 0.343 e. The van der Waals surface area contributed by atoms with E-state index in [0.717, 1.165) is 15.7 Å². The fourth-order valence-corrected chi connectivity index (χ4v) is 3.01. The lowest BCUT2D eigenvalue weighted by Crippen LogP contribution is -2.25. The molecule has 3 rings (SSSR count). The Morgan fingerprint density at radius 3 is 2.53 bits per heavy atom. The second-order valence-electron chi connectivity index (χ2n) is 6.82. The molecule has 7 nitrogen and oxygen atoms in total. The maximum absolute atomic E-state index is 12.3. The van der Waals surface area contributed by atoms with Crippen molar-refractivity contribution in [2.24, 2.45) is 5.10 Å². The number of aryl methyl sites for hydroxylation is 1. The molecule has 0 aliphatic rings. The van der Waals surface area contributed by atoms with E-state index in [1.165, 1.54) is 13.3 Å².